The minimum atomic E-state index is -0.175. The summed E-state index contributed by atoms with van der Waals surface area (Å²) in [5.41, 5.74) is 8.77. The van der Waals surface area contributed by atoms with Crippen LogP contribution in [0.3, 0.4) is 0 Å². The SMILES string of the molecule is Fc1cccc(CNNc2ccccc2)c1CBr. The van der Waals surface area contributed by atoms with E-state index >= 15 is 0 Å². The van der Waals surface area contributed by atoms with Crippen molar-refractivity contribution in [3.63, 3.8) is 0 Å². The summed E-state index contributed by atoms with van der Waals surface area (Å²) in [6.45, 7) is 0.563. The van der Waals surface area contributed by atoms with Crippen molar-refractivity contribution < 1.29 is 4.39 Å². The maximum atomic E-state index is 13.5. The summed E-state index contributed by atoms with van der Waals surface area (Å²) in [5.74, 6) is -0.175. The molecule has 4 heteroatoms. The van der Waals surface area contributed by atoms with Crippen LogP contribution in [0.1, 0.15) is 11.1 Å². The second-order valence-electron chi connectivity index (χ2n) is 3.86. The Balaban J connectivity index is 1.96. The highest BCUT2D eigenvalue weighted by molar-refractivity contribution is 9.08. The largest absolute Gasteiger partial charge is 0.321 e. The van der Waals surface area contributed by atoms with Gasteiger partial charge in [0.05, 0.1) is 0 Å². The molecular weight excluding hydrogens is 295 g/mol. The Bertz CT molecular complexity index is 502. The van der Waals surface area contributed by atoms with Crippen molar-refractivity contribution in [3.05, 3.63) is 65.5 Å². The molecule has 2 rings (SSSR count). The van der Waals surface area contributed by atoms with Crippen LogP contribution < -0.4 is 10.9 Å². The number of hydrazine groups is 1. The summed E-state index contributed by atoms with van der Waals surface area (Å²) in [6.07, 6.45) is 0. The third-order valence-corrected chi connectivity index (χ3v) is 3.20. The molecule has 0 unspecified atom stereocenters. The lowest BCUT2D eigenvalue weighted by atomic mass is 10.1. The standard InChI is InChI=1S/C14H14BrFN2/c15-9-13-11(5-4-8-14(13)16)10-17-18-12-6-2-1-3-7-12/h1-8,17-18H,9-10H2. The Hall–Kier alpha value is -1.39. The molecule has 0 aliphatic heterocycles. The molecule has 2 aromatic carbocycles. The van der Waals surface area contributed by atoms with Gasteiger partial charge in [0.15, 0.2) is 0 Å². The molecular formula is C14H14BrFN2. The molecule has 0 aliphatic rings. The number of para-hydroxylation sites is 1. The molecule has 0 amide bonds. The van der Waals surface area contributed by atoms with Crippen LogP contribution in [-0.4, -0.2) is 0 Å². The van der Waals surface area contributed by atoms with E-state index in [4.69, 9.17) is 0 Å². The number of hydrogen-bond acceptors (Lipinski definition) is 2. The van der Waals surface area contributed by atoms with E-state index in [0.29, 0.717) is 17.4 Å². The number of nitrogens with one attached hydrogen (secondary N) is 2. The van der Waals surface area contributed by atoms with Gasteiger partial charge in [0.25, 0.3) is 0 Å². The number of halogens is 2. The number of benzene rings is 2. The molecule has 2 N–H and O–H groups in total. The average molecular weight is 309 g/mol. The second kappa shape index (κ2) is 6.52. The van der Waals surface area contributed by atoms with Gasteiger partial charge in [-0.2, -0.15) is 0 Å². The summed E-state index contributed by atoms with van der Waals surface area (Å²) >= 11 is 3.31. The minimum Gasteiger partial charge on any atom is -0.321 e. The van der Waals surface area contributed by atoms with Gasteiger partial charge in [0, 0.05) is 23.1 Å². The number of hydrogen-bond donors (Lipinski definition) is 2. The van der Waals surface area contributed by atoms with Gasteiger partial charge in [-0.3, -0.25) is 0 Å². The number of alkyl halides is 1. The van der Waals surface area contributed by atoms with Crippen molar-refractivity contribution >= 4 is 21.6 Å². The first-order valence-corrected chi connectivity index (χ1v) is 6.79. The second-order valence-corrected chi connectivity index (χ2v) is 4.42. The fourth-order valence-corrected chi connectivity index (χ4v) is 2.31. The first-order valence-electron chi connectivity index (χ1n) is 5.67. The number of rotatable bonds is 5. The van der Waals surface area contributed by atoms with Crippen LogP contribution in [0.15, 0.2) is 48.5 Å². The van der Waals surface area contributed by atoms with Gasteiger partial charge < -0.3 is 5.43 Å². The van der Waals surface area contributed by atoms with Gasteiger partial charge in [0.2, 0.25) is 0 Å². The van der Waals surface area contributed by atoms with Gasteiger partial charge in [-0.15, -0.1) is 0 Å². The van der Waals surface area contributed by atoms with Crippen LogP contribution in [-0.2, 0) is 11.9 Å². The lowest BCUT2D eigenvalue weighted by molar-refractivity contribution is 0.612. The Labute approximate surface area is 114 Å². The average Bonchev–Trinajstić information content (AvgIpc) is 2.40. The smallest absolute Gasteiger partial charge is 0.127 e. The fourth-order valence-electron chi connectivity index (χ4n) is 1.68. The maximum Gasteiger partial charge on any atom is 0.127 e. The van der Waals surface area contributed by atoms with E-state index in [-0.39, 0.29) is 5.82 Å². The Kier molecular flexibility index (Phi) is 4.73. The molecule has 0 bridgehead atoms. The number of anilines is 1. The molecule has 94 valence electrons. The molecule has 0 saturated carbocycles. The van der Waals surface area contributed by atoms with E-state index in [1.807, 2.05) is 36.4 Å². The third kappa shape index (κ3) is 3.31. The maximum absolute atomic E-state index is 13.5. The lowest BCUT2D eigenvalue weighted by Crippen LogP contribution is -2.21. The predicted octanol–water partition coefficient (Wildman–Crippen LogP) is 3.84. The Morgan fingerprint density at radius 2 is 1.78 bits per heavy atom. The molecule has 2 nitrogen and oxygen atoms in total. The third-order valence-electron chi connectivity index (χ3n) is 2.63. The van der Waals surface area contributed by atoms with E-state index in [1.54, 1.807) is 6.07 Å². The van der Waals surface area contributed by atoms with Crippen molar-refractivity contribution in [1.29, 1.82) is 0 Å². The predicted molar refractivity (Wildman–Crippen MR) is 75.9 cm³/mol. The van der Waals surface area contributed by atoms with E-state index in [0.717, 1.165) is 11.3 Å². The van der Waals surface area contributed by atoms with E-state index < -0.39 is 0 Å². The summed E-state index contributed by atoms with van der Waals surface area (Å²) in [6, 6.07) is 14.9. The minimum absolute atomic E-state index is 0.175. The Morgan fingerprint density at radius 1 is 1.00 bits per heavy atom. The summed E-state index contributed by atoms with van der Waals surface area (Å²) in [4.78, 5) is 0. The molecule has 0 atom stereocenters. The summed E-state index contributed by atoms with van der Waals surface area (Å²) < 4.78 is 13.5. The van der Waals surface area contributed by atoms with Crippen molar-refractivity contribution in [1.82, 2.24) is 5.43 Å². The first-order chi connectivity index (χ1) is 8.81. The quantitative estimate of drug-likeness (QED) is 0.648. The lowest BCUT2D eigenvalue weighted by Gasteiger charge is -2.11. The zero-order valence-electron chi connectivity index (χ0n) is 9.79. The molecule has 0 aromatic heterocycles. The summed E-state index contributed by atoms with van der Waals surface area (Å²) in [5, 5.41) is 0.516. The van der Waals surface area contributed by atoms with Crippen LogP contribution in [0.4, 0.5) is 10.1 Å². The van der Waals surface area contributed by atoms with Gasteiger partial charge in [-0.1, -0.05) is 46.3 Å². The fraction of sp³-hybridized carbons (Fsp3) is 0.143. The topological polar surface area (TPSA) is 24.1 Å². The van der Waals surface area contributed by atoms with Crippen LogP contribution in [0.5, 0.6) is 0 Å². The Morgan fingerprint density at radius 3 is 2.50 bits per heavy atom. The zero-order valence-corrected chi connectivity index (χ0v) is 11.4. The highest BCUT2D eigenvalue weighted by Gasteiger charge is 2.06. The zero-order chi connectivity index (χ0) is 12.8. The van der Waals surface area contributed by atoms with Gasteiger partial charge >= 0.3 is 0 Å². The van der Waals surface area contributed by atoms with Crippen molar-refractivity contribution in [2.75, 3.05) is 5.43 Å². The normalized spacial score (nSPS) is 10.3. The van der Waals surface area contributed by atoms with Gasteiger partial charge in [-0.25, -0.2) is 9.82 Å². The van der Waals surface area contributed by atoms with Gasteiger partial charge in [0.1, 0.15) is 5.82 Å². The van der Waals surface area contributed by atoms with Crippen molar-refractivity contribution in [2.45, 2.75) is 11.9 Å². The monoisotopic (exact) mass is 308 g/mol. The first kappa shape index (κ1) is 13.1. The van der Waals surface area contributed by atoms with E-state index in [1.165, 1.54) is 6.07 Å². The van der Waals surface area contributed by atoms with Crippen LogP contribution >= 0.6 is 15.9 Å². The van der Waals surface area contributed by atoms with E-state index in [2.05, 4.69) is 26.8 Å². The highest BCUT2D eigenvalue weighted by Crippen LogP contribution is 2.16. The van der Waals surface area contributed by atoms with Crippen molar-refractivity contribution in [3.8, 4) is 0 Å². The molecule has 0 fully saturated rings. The van der Waals surface area contributed by atoms with Gasteiger partial charge in [-0.05, 0) is 23.8 Å². The molecule has 2 aromatic rings. The van der Waals surface area contributed by atoms with Crippen molar-refractivity contribution in [2.24, 2.45) is 0 Å². The molecule has 0 heterocycles. The molecule has 0 spiro atoms. The van der Waals surface area contributed by atoms with Crippen LogP contribution in [0.25, 0.3) is 0 Å². The van der Waals surface area contributed by atoms with E-state index in [9.17, 15) is 4.39 Å². The highest BCUT2D eigenvalue weighted by atomic mass is 79.9. The van der Waals surface area contributed by atoms with Crippen LogP contribution in [0.2, 0.25) is 0 Å². The molecule has 0 saturated heterocycles. The molecule has 0 radical (unpaired) electrons. The molecule has 18 heavy (non-hydrogen) atoms. The van der Waals surface area contributed by atoms with Crippen LogP contribution in [0, 0.1) is 5.82 Å². The summed E-state index contributed by atoms with van der Waals surface area (Å²) in [7, 11) is 0. The molecule has 0 aliphatic carbocycles.